The molecule has 0 aliphatic carbocycles. The van der Waals surface area contributed by atoms with E-state index in [0.29, 0.717) is 5.56 Å². The van der Waals surface area contributed by atoms with Gasteiger partial charge in [0.1, 0.15) is 11.5 Å². The van der Waals surface area contributed by atoms with Gasteiger partial charge in [0.2, 0.25) is 0 Å². The Bertz CT molecular complexity index is 910. The SMILES string of the molecule is Fc1ccccc1-c1cnc2[nH]cc(-c3ccoc3)c2c1. The second-order valence-corrected chi connectivity index (χ2v) is 4.81. The highest BCUT2D eigenvalue weighted by Crippen LogP contribution is 2.31. The lowest BCUT2D eigenvalue weighted by Gasteiger charge is -2.03. The summed E-state index contributed by atoms with van der Waals surface area (Å²) < 4.78 is 19.1. The van der Waals surface area contributed by atoms with Crippen molar-refractivity contribution in [1.82, 2.24) is 9.97 Å². The molecule has 4 heteroatoms. The van der Waals surface area contributed by atoms with E-state index in [4.69, 9.17) is 4.42 Å². The van der Waals surface area contributed by atoms with Crippen molar-refractivity contribution in [2.75, 3.05) is 0 Å². The molecule has 4 aromatic rings. The Balaban J connectivity index is 1.94. The first-order chi connectivity index (χ1) is 10.3. The van der Waals surface area contributed by atoms with Crippen LogP contribution in [-0.2, 0) is 0 Å². The number of halogens is 1. The number of fused-ring (bicyclic) bond motifs is 1. The Hall–Kier alpha value is -2.88. The number of furan rings is 1. The second kappa shape index (κ2) is 4.59. The van der Waals surface area contributed by atoms with Gasteiger partial charge in [-0.2, -0.15) is 0 Å². The fourth-order valence-corrected chi connectivity index (χ4v) is 2.50. The minimum absolute atomic E-state index is 0.251. The minimum atomic E-state index is -0.251. The van der Waals surface area contributed by atoms with Crippen LogP contribution in [0.2, 0.25) is 0 Å². The van der Waals surface area contributed by atoms with Gasteiger partial charge in [-0.3, -0.25) is 0 Å². The molecule has 3 aromatic heterocycles. The van der Waals surface area contributed by atoms with Gasteiger partial charge < -0.3 is 9.40 Å². The first kappa shape index (κ1) is 11.9. The van der Waals surface area contributed by atoms with E-state index in [9.17, 15) is 4.39 Å². The highest BCUT2D eigenvalue weighted by Gasteiger charge is 2.11. The zero-order valence-electron chi connectivity index (χ0n) is 11.0. The van der Waals surface area contributed by atoms with Crippen LogP contribution in [0.3, 0.4) is 0 Å². The van der Waals surface area contributed by atoms with Crippen molar-refractivity contribution in [2.45, 2.75) is 0 Å². The van der Waals surface area contributed by atoms with E-state index in [1.165, 1.54) is 6.07 Å². The average Bonchev–Trinajstić information content (AvgIpc) is 3.16. The number of hydrogen-bond acceptors (Lipinski definition) is 2. The van der Waals surface area contributed by atoms with Crippen molar-refractivity contribution in [2.24, 2.45) is 0 Å². The number of aromatic amines is 1. The zero-order valence-corrected chi connectivity index (χ0v) is 11.0. The van der Waals surface area contributed by atoms with Gasteiger partial charge in [0, 0.05) is 40.0 Å². The van der Waals surface area contributed by atoms with Crippen LogP contribution in [0.1, 0.15) is 0 Å². The van der Waals surface area contributed by atoms with Crippen molar-refractivity contribution in [3.63, 3.8) is 0 Å². The van der Waals surface area contributed by atoms with Gasteiger partial charge in [0.15, 0.2) is 0 Å². The van der Waals surface area contributed by atoms with E-state index in [0.717, 1.165) is 27.7 Å². The quantitative estimate of drug-likeness (QED) is 0.581. The van der Waals surface area contributed by atoms with Crippen LogP contribution in [0.5, 0.6) is 0 Å². The van der Waals surface area contributed by atoms with Gasteiger partial charge in [0.25, 0.3) is 0 Å². The van der Waals surface area contributed by atoms with Crippen molar-refractivity contribution in [3.8, 4) is 22.3 Å². The summed E-state index contributed by atoms with van der Waals surface area (Å²) in [6, 6.07) is 10.5. The molecule has 21 heavy (non-hydrogen) atoms. The molecular weight excluding hydrogens is 267 g/mol. The largest absolute Gasteiger partial charge is 0.472 e. The third-order valence-electron chi connectivity index (χ3n) is 3.55. The number of H-pyrrole nitrogens is 1. The van der Waals surface area contributed by atoms with Crippen LogP contribution in [0.25, 0.3) is 33.3 Å². The summed E-state index contributed by atoms with van der Waals surface area (Å²) in [4.78, 5) is 7.50. The monoisotopic (exact) mass is 278 g/mol. The Morgan fingerprint density at radius 2 is 1.95 bits per heavy atom. The van der Waals surface area contributed by atoms with E-state index in [-0.39, 0.29) is 5.82 Å². The van der Waals surface area contributed by atoms with Gasteiger partial charge in [-0.25, -0.2) is 9.37 Å². The topological polar surface area (TPSA) is 41.8 Å². The highest BCUT2D eigenvalue weighted by molar-refractivity contribution is 5.95. The van der Waals surface area contributed by atoms with Crippen LogP contribution >= 0.6 is 0 Å². The third kappa shape index (κ3) is 1.92. The maximum absolute atomic E-state index is 13.9. The van der Waals surface area contributed by atoms with Crippen molar-refractivity contribution in [1.29, 1.82) is 0 Å². The molecule has 3 heterocycles. The molecule has 0 unspecified atom stereocenters. The van der Waals surface area contributed by atoms with E-state index in [1.807, 2.05) is 24.4 Å². The first-order valence-corrected chi connectivity index (χ1v) is 6.57. The summed E-state index contributed by atoms with van der Waals surface area (Å²) in [5.74, 6) is -0.251. The van der Waals surface area contributed by atoms with E-state index < -0.39 is 0 Å². The Kier molecular flexibility index (Phi) is 2.60. The maximum Gasteiger partial charge on any atom is 0.137 e. The zero-order chi connectivity index (χ0) is 14.2. The molecule has 0 fully saturated rings. The fraction of sp³-hybridized carbons (Fsp3) is 0. The number of nitrogens with zero attached hydrogens (tertiary/aromatic N) is 1. The lowest BCUT2D eigenvalue weighted by molar-refractivity contribution is 0.568. The Morgan fingerprint density at radius 3 is 2.76 bits per heavy atom. The number of nitrogens with one attached hydrogen (secondary N) is 1. The molecule has 0 radical (unpaired) electrons. The number of aromatic nitrogens is 2. The summed E-state index contributed by atoms with van der Waals surface area (Å²) in [5.41, 5.74) is 4.03. The predicted molar refractivity (Wildman–Crippen MR) is 79.2 cm³/mol. The number of rotatable bonds is 2. The molecule has 3 nitrogen and oxygen atoms in total. The summed E-state index contributed by atoms with van der Waals surface area (Å²) in [6.45, 7) is 0. The van der Waals surface area contributed by atoms with Gasteiger partial charge in [-0.1, -0.05) is 18.2 Å². The first-order valence-electron chi connectivity index (χ1n) is 6.57. The molecule has 0 aliphatic heterocycles. The summed E-state index contributed by atoms with van der Waals surface area (Å²) in [5, 5.41) is 0.942. The third-order valence-corrected chi connectivity index (χ3v) is 3.55. The lowest BCUT2D eigenvalue weighted by Crippen LogP contribution is -1.86. The molecule has 0 saturated heterocycles. The van der Waals surface area contributed by atoms with Crippen LogP contribution in [0, 0.1) is 5.82 Å². The number of hydrogen-bond donors (Lipinski definition) is 1. The molecule has 0 saturated carbocycles. The summed E-state index contributed by atoms with van der Waals surface area (Å²) >= 11 is 0. The van der Waals surface area contributed by atoms with E-state index >= 15 is 0 Å². The summed E-state index contributed by atoms with van der Waals surface area (Å²) in [6.07, 6.45) is 6.87. The van der Waals surface area contributed by atoms with Gasteiger partial charge >= 0.3 is 0 Å². The number of benzene rings is 1. The molecule has 0 spiro atoms. The minimum Gasteiger partial charge on any atom is -0.472 e. The van der Waals surface area contributed by atoms with Crippen LogP contribution < -0.4 is 0 Å². The normalized spacial score (nSPS) is 11.1. The molecular formula is C17H11FN2O. The summed E-state index contributed by atoms with van der Waals surface area (Å²) in [7, 11) is 0. The van der Waals surface area contributed by atoms with Crippen LogP contribution in [0.4, 0.5) is 4.39 Å². The van der Waals surface area contributed by atoms with Gasteiger partial charge in [-0.05, 0) is 18.2 Å². The standard InChI is InChI=1S/C17H11FN2O/c18-16-4-2-1-3-13(16)12-7-14-15(11-5-6-21-10-11)9-20-17(14)19-8-12/h1-10H,(H,19,20). The molecule has 0 amide bonds. The molecule has 1 aromatic carbocycles. The van der Waals surface area contributed by atoms with E-state index in [2.05, 4.69) is 9.97 Å². The average molecular weight is 278 g/mol. The maximum atomic E-state index is 13.9. The van der Waals surface area contributed by atoms with Gasteiger partial charge in [0.05, 0.1) is 12.5 Å². The molecule has 0 bridgehead atoms. The fourth-order valence-electron chi connectivity index (χ4n) is 2.50. The Labute approximate surface area is 120 Å². The molecule has 0 aliphatic rings. The predicted octanol–water partition coefficient (Wildman–Crippen LogP) is 4.63. The van der Waals surface area contributed by atoms with Gasteiger partial charge in [-0.15, -0.1) is 0 Å². The molecule has 1 N–H and O–H groups in total. The molecule has 0 atom stereocenters. The van der Waals surface area contributed by atoms with Crippen LogP contribution in [0.15, 0.2) is 65.7 Å². The van der Waals surface area contributed by atoms with Crippen molar-refractivity contribution >= 4 is 11.0 Å². The van der Waals surface area contributed by atoms with E-state index in [1.54, 1.807) is 30.9 Å². The smallest absolute Gasteiger partial charge is 0.137 e. The molecule has 4 rings (SSSR count). The second-order valence-electron chi connectivity index (χ2n) is 4.81. The lowest BCUT2D eigenvalue weighted by atomic mass is 10.0. The van der Waals surface area contributed by atoms with Crippen molar-refractivity contribution in [3.05, 3.63) is 67.1 Å². The number of pyridine rings is 1. The van der Waals surface area contributed by atoms with Crippen molar-refractivity contribution < 1.29 is 8.81 Å². The Morgan fingerprint density at radius 1 is 1.05 bits per heavy atom. The van der Waals surface area contributed by atoms with Crippen LogP contribution in [-0.4, -0.2) is 9.97 Å². The highest BCUT2D eigenvalue weighted by atomic mass is 19.1. The molecule has 102 valence electrons.